The first-order chi connectivity index (χ1) is 20.3. The number of aromatic nitrogens is 4. The Balaban J connectivity index is 1.64. The van der Waals surface area contributed by atoms with E-state index in [9.17, 15) is 4.79 Å². The van der Waals surface area contributed by atoms with Gasteiger partial charge in [0.05, 0.1) is 32.0 Å². The Kier molecular flexibility index (Phi) is 11.3. The molecule has 0 bridgehead atoms. The van der Waals surface area contributed by atoms with Crippen molar-refractivity contribution < 1.29 is 28.1 Å². The highest BCUT2D eigenvalue weighted by Crippen LogP contribution is 2.50. The Bertz CT molecular complexity index is 1340. The van der Waals surface area contributed by atoms with Crippen LogP contribution in [-0.2, 0) is 23.3 Å². The maximum Gasteiger partial charge on any atom is 0.259 e. The average Bonchev–Trinajstić information content (AvgIpc) is 3.55. The van der Waals surface area contributed by atoms with Crippen molar-refractivity contribution in [3.05, 3.63) is 48.5 Å². The molecular formula is C28H38N7O6P. The molecule has 3 aromatic rings. The van der Waals surface area contributed by atoms with Crippen molar-refractivity contribution >= 4 is 31.4 Å². The minimum Gasteiger partial charge on any atom is -0.382 e. The van der Waals surface area contributed by atoms with E-state index in [2.05, 4.69) is 58.7 Å². The molecule has 1 saturated heterocycles. The SMILES string of the molecule is COCC1OC(n2cnc3c(NC(=O)c4ccccc4)ncnc32)C(OC)[C@@H]1OP(OCCC#N)N(C(C)C)C(C)C. The van der Waals surface area contributed by atoms with Crippen LogP contribution in [0.3, 0.4) is 0 Å². The van der Waals surface area contributed by atoms with Crippen LogP contribution in [0.15, 0.2) is 43.0 Å². The lowest BCUT2D eigenvalue weighted by atomic mass is 10.1. The fraction of sp³-hybridized carbons (Fsp3) is 0.536. The molecule has 42 heavy (non-hydrogen) atoms. The Hall–Kier alpha value is -3.08. The summed E-state index contributed by atoms with van der Waals surface area (Å²) < 4.78 is 34.7. The molecule has 1 aliphatic heterocycles. The summed E-state index contributed by atoms with van der Waals surface area (Å²) in [5.74, 6) is -0.0324. The predicted molar refractivity (Wildman–Crippen MR) is 156 cm³/mol. The van der Waals surface area contributed by atoms with Crippen molar-refractivity contribution in [2.75, 3.05) is 32.8 Å². The minimum absolute atomic E-state index is 0.122. The fourth-order valence-corrected chi connectivity index (χ4v) is 6.67. The fourth-order valence-electron chi connectivity index (χ4n) is 4.91. The summed E-state index contributed by atoms with van der Waals surface area (Å²) in [5.41, 5.74) is 1.35. The number of carbonyl (C=O) groups is 1. The van der Waals surface area contributed by atoms with Gasteiger partial charge in [0.25, 0.3) is 14.4 Å². The van der Waals surface area contributed by atoms with Crippen molar-refractivity contribution in [3.63, 3.8) is 0 Å². The van der Waals surface area contributed by atoms with Crippen molar-refractivity contribution in [3.8, 4) is 6.07 Å². The molecule has 0 aliphatic carbocycles. The molecule has 1 N–H and O–H groups in total. The van der Waals surface area contributed by atoms with E-state index in [1.54, 1.807) is 49.4 Å². The number of hydrogen-bond donors (Lipinski definition) is 1. The van der Waals surface area contributed by atoms with Crippen LogP contribution in [0, 0.1) is 11.3 Å². The number of amides is 1. The third-order valence-electron chi connectivity index (χ3n) is 6.66. The van der Waals surface area contributed by atoms with E-state index < -0.39 is 33.1 Å². The van der Waals surface area contributed by atoms with E-state index in [0.29, 0.717) is 16.7 Å². The van der Waals surface area contributed by atoms with Gasteiger partial charge in [0.2, 0.25) is 0 Å². The molecule has 4 rings (SSSR count). The number of carbonyl (C=O) groups excluding carboxylic acids is 1. The van der Waals surface area contributed by atoms with Crippen LogP contribution in [0.2, 0.25) is 0 Å². The zero-order valence-corrected chi connectivity index (χ0v) is 25.6. The molecule has 226 valence electrons. The number of nitrogens with zero attached hydrogens (tertiary/aromatic N) is 6. The first-order valence-electron chi connectivity index (χ1n) is 13.8. The zero-order chi connectivity index (χ0) is 30.2. The van der Waals surface area contributed by atoms with Gasteiger partial charge in [-0.2, -0.15) is 5.26 Å². The zero-order valence-electron chi connectivity index (χ0n) is 24.7. The van der Waals surface area contributed by atoms with Crippen molar-refractivity contribution in [1.82, 2.24) is 24.2 Å². The largest absolute Gasteiger partial charge is 0.382 e. The summed E-state index contributed by atoms with van der Waals surface area (Å²) in [7, 11) is 1.61. The molecule has 1 aromatic carbocycles. The summed E-state index contributed by atoms with van der Waals surface area (Å²) >= 11 is 0. The first kappa shape index (κ1) is 31.8. The molecule has 4 unspecified atom stereocenters. The lowest BCUT2D eigenvalue weighted by molar-refractivity contribution is -0.0629. The Morgan fingerprint density at radius 1 is 1.14 bits per heavy atom. The van der Waals surface area contributed by atoms with Gasteiger partial charge in [0, 0.05) is 31.9 Å². The molecule has 1 aliphatic rings. The monoisotopic (exact) mass is 599 g/mol. The Morgan fingerprint density at radius 3 is 2.52 bits per heavy atom. The quantitative estimate of drug-likeness (QED) is 0.209. The summed E-state index contributed by atoms with van der Waals surface area (Å²) in [6.07, 6.45) is 0.836. The van der Waals surface area contributed by atoms with Crippen molar-refractivity contribution in [2.24, 2.45) is 0 Å². The number of imidazole rings is 1. The lowest BCUT2D eigenvalue weighted by Crippen LogP contribution is -2.40. The number of rotatable bonds is 14. The summed E-state index contributed by atoms with van der Waals surface area (Å²) in [6.45, 7) is 8.78. The van der Waals surface area contributed by atoms with Gasteiger partial charge < -0.3 is 28.6 Å². The van der Waals surface area contributed by atoms with E-state index in [1.807, 2.05) is 6.07 Å². The van der Waals surface area contributed by atoms with E-state index in [1.165, 1.54) is 6.33 Å². The van der Waals surface area contributed by atoms with E-state index in [4.69, 9.17) is 28.5 Å². The third-order valence-corrected chi connectivity index (χ3v) is 8.79. The van der Waals surface area contributed by atoms with Gasteiger partial charge in [-0.25, -0.2) is 19.6 Å². The molecule has 5 atom stereocenters. The van der Waals surface area contributed by atoms with Gasteiger partial charge in [-0.1, -0.05) is 18.2 Å². The van der Waals surface area contributed by atoms with E-state index >= 15 is 0 Å². The van der Waals surface area contributed by atoms with Crippen LogP contribution in [0.1, 0.15) is 50.7 Å². The molecular weight excluding hydrogens is 561 g/mol. The second-order valence-corrected chi connectivity index (χ2v) is 11.6. The number of ether oxygens (including phenoxy) is 3. The standard InChI is InChI=1S/C28H38N7O6P/c1-18(2)35(19(3)4)42(39-14-10-13-29)41-23-21(15-37-5)40-28(24(23)38-6)34-17-32-22-25(30-16-31-26(22)34)33-27(36)20-11-8-7-9-12-20/h7-9,11-12,16-19,21,23-24,28H,10,14-15H2,1-6H3,(H,30,31,33,36)/t21?,23-,24?,28?,42?/m1/s1. The van der Waals surface area contributed by atoms with Gasteiger partial charge in [-0.15, -0.1) is 0 Å². The van der Waals surface area contributed by atoms with Crippen LogP contribution in [0.25, 0.3) is 11.2 Å². The maximum absolute atomic E-state index is 12.8. The minimum atomic E-state index is -1.58. The smallest absolute Gasteiger partial charge is 0.259 e. The number of methoxy groups -OCH3 is 2. The number of hydrogen-bond acceptors (Lipinski definition) is 11. The third kappa shape index (κ3) is 7.10. The molecule has 13 nitrogen and oxygen atoms in total. The average molecular weight is 600 g/mol. The van der Waals surface area contributed by atoms with Crippen LogP contribution >= 0.6 is 8.53 Å². The molecule has 3 heterocycles. The molecule has 2 aromatic heterocycles. The molecule has 1 amide bonds. The maximum atomic E-state index is 12.8. The first-order valence-corrected chi connectivity index (χ1v) is 14.9. The Labute approximate surface area is 247 Å². The van der Waals surface area contributed by atoms with Gasteiger partial charge >= 0.3 is 0 Å². The number of fused-ring (bicyclic) bond motifs is 1. The van der Waals surface area contributed by atoms with Crippen LogP contribution in [0.5, 0.6) is 0 Å². The van der Waals surface area contributed by atoms with Gasteiger partial charge in [-0.3, -0.25) is 9.36 Å². The summed E-state index contributed by atoms with van der Waals surface area (Å²) in [4.78, 5) is 26.0. The topological polar surface area (TPSA) is 146 Å². The van der Waals surface area contributed by atoms with Crippen molar-refractivity contribution in [1.29, 1.82) is 5.26 Å². The number of nitrogens with one attached hydrogen (secondary N) is 1. The highest BCUT2D eigenvalue weighted by atomic mass is 31.2. The molecule has 0 spiro atoms. The number of anilines is 1. The summed E-state index contributed by atoms with van der Waals surface area (Å²) in [5, 5.41) is 11.9. The second-order valence-electron chi connectivity index (χ2n) is 10.2. The van der Waals surface area contributed by atoms with Crippen LogP contribution in [0.4, 0.5) is 5.82 Å². The number of benzene rings is 1. The summed E-state index contributed by atoms with van der Waals surface area (Å²) in [6, 6.07) is 11.2. The molecule has 1 fully saturated rings. The van der Waals surface area contributed by atoms with Crippen molar-refractivity contribution in [2.45, 2.75) is 70.7 Å². The Morgan fingerprint density at radius 2 is 1.88 bits per heavy atom. The second kappa shape index (κ2) is 14.9. The number of nitriles is 1. The normalized spacial score (nSPS) is 21.3. The van der Waals surface area contributed by atoms with Crippen LogP contribution in [-0.4, -0.2) is 87.9 Å². The molecule has 0 radical (unpaired) electrons. The molecule has 0 saturated carbocycles. The lowest BCUT2D eigenvalue weighted by Gasteiger charge is -2.38. The van der Waals surface area contributed by atoms with Gasteiger partial charge in [0.15, 0.2) is 23.2 Å². The van der Waals surface area contributed by atoms with Gasteiger partial charge in [0.1, 0.15) is 24.6 Å². The molecule has 14 heteroatoms. The van der Waals surface area contributed by atoms with Gasteiger partial charge in [-0.05, 0) is 39.8 Å². The van der Waals surface area contributed by atoms with E-state index in [-0.39, 0.29) is 43.4 Å². The predicted octanol–water partition coefficient (Wildman–Crippen LogP) is 4.30. The van der Waals surface area contributed by atoms with E-state index in [0.717, 1.165) is 0 Å². The highest BCUT2D eigenvalue weighted by molar-refractivity contribution is 7.44. The van der Waals surface area contributed by atoms with Crippen LogP contribution < -0.4 is 5.32 Å². The highest BCUT2D eigenvalue weighted by Gasteiger charge is 2.49.